The van der Waals surface area contributed by atoms with Crippen molar-refractivity contribution in [3.8, 4) is 11.1 Å². The van der Waals surface area contributed by atoms with Gasteiger partial charge < -0.3 is 24.3 Å². The average Bonchev–Trinajstić information content (AvgIpc) is 3.33. The second kappa shape index (κ2) is 18.8. The van der Waals surface area contributed by atoms with Crippen molar-refractivity contribution in [3.63, 3.8) is 0 Å². The number of hydrogen-bond acceptors (Lipinski definition) is 8. The molecule has 0 saturated heterocycles. The van der Waals surface area contributed by atoms with Gasteiger partial charge in [-0.3, -0.25) is 9.59 Å². The number of carbonyl (C=O) groups is 4. The van der Waals surface area contributed by atoms with Gasteiger partial charge in [0.25, 0.3) is 0 Å². The highest BCUT2D eigenvalue weighted by Crippen LogP contribution is 2.44. The van der Waals surface area contributed by atoms with Crippen LogP contribution in [-0.4, -0.2) is 67.8 Å². The highest BCUT2D eigenvalue weighted by Gasteiger charge is 2.32. The molecule has 1 N–H and O–H groups in total. The Labute approximate surface area is 304 Å². The Morgan fingerprint density at radius 1 is 0.878 bits per heavy atom. The zero-order valence-corrected chi connectivity index (χ0v) is 31.9. The zero-order valence-electron chi connectivity index (χ0n) is 28.6. The van der Waals surface area contributed by atoms with Gasteiger partial charge in [-0.05, 0) is 40.6 Å². The second-order valence-corrected chi connectivity index (χ2v) is 21.6. The number of allylic oxidation sites excluding steroid dienone is 1. The van der Waals surface area contributed by atoms with Crippen LogP contribution in [0.3, 0.4) is 0 Å². The fourth-order valence-corrected chi connectivity index (χ4v) is 6.07. The largest absolute Gasteiger partial charge is 0.466 e. The number of halogens is 3. The summed E-state index contributed by atoms with van der Waals surface area (Å²) in [4.78, 5) is 51.1. The molecule has 1 amide bonds. The van der Waals surface area contributed by atoms with E-state index in [9.17, 15) is 19.2 Å². The van der Waals surface area contributed by atoms with Gasteiger partial charge in [0.05, 0.1) is 13.0 Å². The van der Waals surface area contributed by atoms with E-state index in [1.807, 2.05) is 36.4 Å². The van der Waals surface area contributed by atoms with Crippen molar-refractivity contribution in [2.45, 2.75) is 87.1 Å². The Morgan fingerprint density at radius 2 is 1.49 bits per heavy atom. The van der Waals surface area contributed by atoms with Crippen LogP contribution in [0.25, 0.3) is 11.1 Å². The fourth-order valence-electron chi connectivity index (χ4n) is 5.19. The van der Waals surface area contributed by atoms with E-state index in [-0.39, 0.29) is 44.3 Å². The van der Waals surface area contributed by atoms with E-state index >= 15 is 0 Å². The molecule has 0 bridgehead atoms. The first-order valence-electron chi connectivity index (χ1n) is 16.4. The number of benzene rings is 2. The summed E-state index contributed by atoms with van der Waals surface area (Å²) in [6, 6.07) is 15.8. The summed E-state index contributed by atoms with van der Waals surface area (Å²) in [6.45, 7) is 10.1. The summed E-state index contributed by atoms with van der Waals surface area (Å²) in [5.74, 6) is -2.21. The van der Waals surface area contributed by atoms with Crippen LogP contribution in [0.1, 0.15) is 56.6 Å². The Kier molecular flexibility index (Phi) is 15.5. The number of esters is 3. The first-order chi connectivity index (χ1) is 23.0. The molecule has 0 heterocycles. The molecule has 13 heteroatoms. The van der Waals surface area contributed by atoms with Crippen molar-refractivity contribution >= 4 is 66.9 Å². The van der Waals surface area contributed by atoms with Gasteiger partial charge in [-0.1, -0.05) is 129 Å². The number of nitrogens with one attached hydrogen (secondary N) is 1. The molecule has 0 fully saturated rings. The van der Waals surface area contributed by atoms with Crippen LogP contribution < -0.4 is 5.32 Å². The molecule has 1 unspecified atom stereocenters. The molecule has 0 spiro atoms. The van der Waals surface area contributed by atoms with Crippen molar-refractivity contribution in [2.75, 3.05) is 19.8 Å². The lowest BCUT2D eigenvalue weighted by molar-refractivity contribution is -0.157. The topological polar surface area (TPSA) is 117 Å². The summed E-state index contributed by atoms with van der Waals surface area (Å²) in [6.07, 6.45) is 2.15. The molecule has 0 aromatic heterocycles. The molecule has 2 aromatic carbocycles. The van der Waals surface area contributed by atoms with Crippen molar-refractivity contribution in [2.24, 2.45) is 5.92 Å². The fraction of sp³-hybridized carbons (Fsp3) is 0.500. The van der Waals surface area contributed by atoms with Crippen LogP contribution in [0, 0.1) is 5.92 Å². The van der Waals surface area contributed by atoms with Crippen LogP contribution >= 0.6 is 34.8 Å². The van der Waals surface area contributed by atoms with Crippen molar-refractivity contribution in [3.05, 3.63) is 71.8 Å². The van der Waals surface area contributed by atoms with E-state index in [1.165, 1.54) is 0 Å². The van der Waals surface area contributed by atoms with Gasteiger partial charge in [-0.25, -0.2) is 9.59 Å². The zero-order chi connectivity index (χ0) is 36.2. The third kappa shape index (κ3) is 14.0. The van der Waals surface area contributed by atoms with Crippen LogP contribution in [0.4, 0.5) is 4.79 Å². The lowest BCUT2D eigenvalue weighted by Crippen LogP contribution is -2.46. The van der Waals surface area contributed by atoms with E-state index < -0.39 is 48.0 Å². The molecular formula is C36H46Cl3NO8Si. The van der Waals surface area contributed by atoms with Gasteiger partial charge in [0, 0.05) is 26.8 Å². The number of hydrogen-bond donors (Lipinski definition) is 1. The molecular weight excluding hydrogens is 709 g/mol. The SMILES string of the molecule is CC(C)[C@H](NC(=O)OCC1c2ccccc2-c2ccccc21)C(=O)OC(CC=CCCC(=O)OCC(Cl)(Cl)Cl)CC(=O)OCC[Si](C)(C)C. The first kappa shape index (κ1) is 40.4. The van der Waals surface area contributed by atoms with Crippen molar-refractivity contribution in [1.29, 1.82) is 0 Å². The number of alkyl halides is 3. The molecule has 0 saturated carbocycles. The molecule has 1 aliphatic carbocycles. The number of rotatable bonds is 17. The van der Waals surface area contributed by atoms with E-state index in [4.69, 9.17) is 53.8 Å². The predicted octanol–water partition coefficient (Wildman–Crippen LogP) is 8.37. The predicted molar refractivity (Wildman–Crippen MR) is 195 cm³/mol. The summed E-state index contributed by atoms with van der Waals surface area (Å²) in [5, 5.41) is 2.66. The molecule has 1 aliphatic rings. The van der Waals surface area contributed by atoms with Crippen LogP contribution in [0.5, 0.6) is 0 Å². The summed E-state index contributed by atoms with van der Waals surface area (Å²) in [5.41, 5.74) is 4.36. The third-order valence-electron chi connectivity index (χ3n) is 7.81. The Bertz CT molecular complexity index is 1430. The number of ether oxygens (including phenoxy) is 4. The number of carbonyl (C=O) groups excluding carboxylic acids is 4. The van der Waals surface area contributed by atoms with E-state index in [2.05, 4.69) is 37.1 Å². The number of alkyl carbamates (subject to hydrolysis) is 1. The lowest BCUT2D eigenvalue weighted by atomic mass is 9.98. The molecule has 49 heavy (non-hydrogen) atoms. The lowest BCUT2D eigenvalue weighted by Gasteiger charge is -2.24. The Morgan fingerprint density at radius 3 is 2.06 bits per heavy atom. The Balaban J connectivity index is 1.60. The summed E-state index contributed by atoms with van der Waals surface area (Å²) in [7, 11) is -1.43. The minimum atomic E-state index is -1.69. The highest BCUT2D eigenvalue weighted by molar-refractivity contribution is 6.76. The maximum absolute atomic E-state index is 13.4. The molecule has 0 radical (unpaired) electrons. The standard InChI is InChI=1S/C36H46Cl3NO8Si/c1-24(2)33(40-35(44)46-22-30-28-16-11-9-14-26(28)27-15-10-12-17-29(27)30)34(43)48-25(21-32(42)45-19-20-49(3,4)5)13-7-6-8-18-31(41)47-23-36(37,38)39/h6-7,9-12,14-17,24-25,30,33H,8,13,18-23H2,1-5H3,(H,40,44)/t25?,33-/m0/s1. The van der Waals surface area contributed by atoms with E-state index in [0.29, 0.717) is 13.0 Å². The van der Waals surface area contributed by atoms with Gasteiger partial charge >= 0.3 is 24.0 Å². The average molecular weight is 755 g/mol. The number of amides is 1. The quantitative estimate of drug-likeness (QED) is 0.0563. The van der Waals surface area contributed by atoms with Crippen molar-refractivity contribution < 1.29 is 38.1 Å². The van der Waals surface area contributed by atoms with E-state index in [1.54, 1.807) is 26.0 Å². The number of fused-ring (bicyclic) bond motifs is 3. The maximum atomic E-state index is 13.4. The molecule has 2 atom stereocenters. The molecule has 268 valence electrons. The van der Waals surface area contributed by atoms with Gasteiger partial charge in [0.2, 0.25) is 3.79 Å². The minimum absolute atomic E-state index is 0.0416. The molecule has 2 aromatic rings. The van der Waals surface area contributed by atoms with Crippen LogP contribution in [0.15, 0.2) is 60.7 Å². The smallest absolute Gasteiger partial charge is 0.407 e. The van der Waals surface area contributed by atoms with Gasteiger partial charge in [-0.2, -0.15) is 0 Å². The molecule has 0 aliphatic heterocycles. The maximum Gasteiger partial charge on any atom is 0.407 e. The summed E-state index contributed by atoms with van der Waals surface area (Å²) >= 11 is 16.8. The minimum Gasteiger partial charge on any atom is -0.466 e. The normalized spacial score (nSPS) is 14.1. The third-order valence-corrected chi connectivity index (χ3v) is 9.84. The molecule has 3 rings (SSSR count). The molecule has 9 nitrogen and oxygen atoms in total. The highest BCUT2D eigenvalue weighted by atomic mass is 35.6. The van der Waals surface area contributed by atoms with Gasteiger partial charge in [0.1, 0.15) is 25.4 Å². The van der Waals surface area contributed by atoms with Crippen LogP contribution in [0.2, 0.25) is 25.7 Å². The Hall–Kier alpha value is -3.05. The van der Waals surface area contributed by atoms with Gasteiger partial charge in [-0.15, -0.1) is 0 Å². The summed E-state index contributed by atoms with van der Waals surface area (Å²) < 4.78 is 20.1. The van der Waals surface area contributed by atoms with Crippen LogP contribution in [-0.2, 0) is 33.3 Å². The monoisotopic (exact) mass is 753 g/mol. The van der Waals surface area contributed by atoms with Gasteiger partial charge in [0.15, 0.2) is 0 Å². The second-order valence-electron chi connectivity index (χ2n) is 13.5. The first-order valence-corrected chi connectivity index (χ1v) is 21.2. The van der Waals surface area contributed by atoms with Crippen molar-refractivity contribution in [1.82, 2.24) is 5.32 Å². The van der Waals surface area contributed by atoms with E-state index in [0.717, 1.165) is 28.3 Å².